The predicted octanol–water partition coefficient (Wildman–Crippen LogP) is 2.86. The number of nitrogens with zero attached hydrogens (tertiary/aromatic N) is 1. The first-order valence-electron chi connectivity index (χ1n) is 9.18. The number of aromatic nitrogens is 1. The number of H-pyrrole nitrogens is 1. The van der Waals surface area contributed by atoms with Crippen molar-refractivity contribution < 1.29 is 14.6 Å². The molecule has 1 atom stereocenters. The van der Waals surface area contributed by atoms with Crippen LogP contribution in [-0.2, 0) is 6.54 Å². The molecule has 1 fully saturated rings. The second kappa shape index (κ2) is 8.27. The van der Waals surface area contributed by atoms with Crippen molar-refractivity contribution in [2.24, 2.45) is 0 Å². The first kappa shape index (κ1) is 18.3. The summed E-state index contributed by atoms with van der Waals surface area (Å²) in [5.74, 6) is 0.978. The van der Waals surface area contributed by atoms with Gasteiger partial charge in [0, 0.05) is 37.9 Å². The minimum Gasteiger partial charge on any atom is -0.504 e. The number of aromatic amines is 1. The number of carbonyl (C=O) groups excluding carboxylic acids is 1. The molecule has 1 aliphatic heterocycles. The standard InChI is InChI=1S/C20H27N3O3/c1-3-26-18-11-14(6-7-17(18)24)12-23-10-4-5-15(13-23)19-16(8-9-22-19)20(25)21-2/h6-9,11,15,22,24H,3-5,10,12-13H2,1-2H3,(H,21,25). The molecule has 3 rings (SSSR count). The topological polar surface area (TPSA) is 77.6 Å². The molecular weight excluding hydrogens is 330 g/mol. The van der Waals surface area contributed by atoms with Crippen molar-refractivity contribution in [3.05, 3.63) is 47.3 Å². The van der Waals surface area contributed by atoms with Crippen molar-refractivity contribution in [2.45, 2.75) is 32.2 Å². The van der Waals surface area contributed by atoms with Gasteiger partial charge in [-0.05, 0) is 50.1 Å². The number of phenolic OH excluding ortho intramolecular Hbond substituents is 1. The van der Waals surface area contributed by atoms with E-state index >= 15 is 0 Å². The van der Waals surface area contributed by atoms with Crippen LogP contribution in [0.5, 0.6) is 11.5 Å². The number of phenols is 1. The maximum Gasteiger partial charge on any atom is 0.252 e. The number of hydrogen-bond acceptors (Lipinski definition) is 4. The molecule has 0 radical (unpaired) electrons. The lowest BCUT2D eigenvalue weighted by atomic mass is 9.92. The van der Waals surface area contributed by atoms with Crippen LogP contribution >= 0.6 is 0 Å². The van der Waals surface area contributed by atoms with Gasteiger partial charge in [0.15, 0.2) is 11.5 Å². The molecule has 0 saturated carbocycles. The Bertz CT molecular complexity index is 757. The number of carbonyl (C=O) groups is 1. The van der Waals surface area contributed by atoms with Crippen LogP contribution in [0.1, 0.15) is 47.3 Å². The zero-order chi connectivity index (χ0) is 18.5. The number of nitrogens with one attached hydrogen (secondary N) is 2. The molecular formula is C20H27N3O3. The maximum absolute atomic E-state index is 12.1. The number of benzene rings is 1. The van der Waals surface area contributed by atoms with Crippen LogP contribution < -0.4 is 10.1 Å². The third-order valence-electron chi connectivity index (χ3n) is 4.89. The summed E-state index contributed by atoms with van der Waals surface area (Å²) in [6, 6.07) is 7.39. The quantitative estimate of drug-likeness (QED) is 0.743. The van der Waals surface area contributed by atoms with Gasteiger partial charge in [0.1, 0.15) is 0 Å². The molecule has 1 aliphatic rings. The van der Waals surface area contributed by atoms with Crippen molar-refractivity contribution in [3.8, 4) is 11.5 Å². The Morgan fingerprint density at radius 3 is 3.04 bits per heavy atom. The Labute approximate surface area is 154 Å². The summed E-state index contributed by atoms with van der Waals surface area (Å²) in [5, 5.41) is 12.6. The van der Waals surface area contributed by atoms with Crippen molar-refractivity contribution in [3.63, 3.8) is 0 Å². The highest BCUT2D eigenvalue weighted by Crippen LogP contribution is 2.31. The van der Waals surface area contributed by atoms with E-state index in [2.05, 4.69) is 15.2 Å². The minimum atomic E-state index is -0.0433. The van der Waals surface area contributed by atoms with Gasteiger partial charge >= 0.3 is 0 Å². The second-order valence-electron chi connectivity index (χ2n) is 6.69. The Hall–Kier alpha value is -2.47. The molecule has 2 aromatic rings. The van der Waals surface area contributed by atoms with E-state index in [1.54, 1.807) is 13.1 Å². The molecule has 6 nitrogen and oxygen atoms in total. The molecule has 1 aromatic heterocycles. The number of amides is 1. The largest absolute Gasteiger partial charge is 0.504 e. The normalized spacial score (nSPS) is 17.8. The van der Waals surface area contributed by atoms with E-state index in [-0.39, 0.29) is 11.7 Å². The zero-order valence-electron chi connectivity index (χ0n) is 15.4. The number of hydrogen-bond donors (Lipinski definition) is 3. The minimum absolute atomic E-state index is 0.0433. The average molecular weight is 357 g/mol. The first-order chi connectivity index (χ1) is 12.6. The van der Waals surface area contributed by atoms with Crippen molar-refractivity contribution >= 4 is 5.91 Å². The lowest BCUT2D eigenvalue weighted by Crippen LogP contribution is -2.34. The van der Waals surface area contributed by atoms with Crippen LogP contribution in [0.15, 0.2) is 30.5 Å². The predicted molar refractivity (Wildman–Crippen MR) is 101 cm³/mol. The molecule has 26 heavy (non-hydrogen) atoms. The molecule has 1 amide bonds. The van der Waals surface area contributed by atoms with Crippen molar-refractivity contribution in [1.29, 1.82) is 0 Å². The van der Waals surface area contributed by atoms with Gasteiger partial charge in [-0.15, -0.1) is 0 Å². The summed E-state index contributed by atoms with van der Waals surface area (Å²) in [7, 11) is 1.66. The van der Waals surface area contributed by atoms with Gasteiger partial charge in [0.25, 0.3) is 5.91 Å². The van der Waals surface area contributed by atoms with Gasteiger partial charge < -0.3 is 20.1 Å². The van der Waals surface area contributed by atoms with Gasteiger partial charge in [-0.3, -0.25) is 9.69 Å². The molecule has 1 saturated heterocycles. The van der Waals surface area contributed by atoms with Gasteiger partial charge in [-0.25, -0.2) is 0 Å². The molecule has 6 heteroatoms. The Balaban J connectivity index is 1.70. The van der Waals surface area contributed by atoms with Gasteiger partial charge in [-0.1, -0.05) is 6.07 Å². The highest BCUT2D eigenvalue weighted by molar-refractivity contribution is 5.95. The Morgan fingerprint density at radius 2 is 2.27 bits per heavy atom. The van der Waals surface area contributed by atoms with Crippen LogP contribution in [-0.4, -0.2) is 47.6 Å². The summed E-state index contributed by atoms with van der Waals surface area (Å²) in [6.07, 6.45) is 4.00. The fourth-order valence-corrected chi connectivity index (χ4v) is 3.67. The SMILES string of the molecule is CCOc1cc(CN2CCCC(c3[nH]ccc3C(=O)NC)C2)ccc1O. The average Bonchev–Trinajstić information content (AvgIpc) is 3.14. The molecule has 0 aliphatic carbocycles. The third kappa shape index (κ3) is 4.02. The van der Waals surface area contributed by atoms with Crippen LogP contribution in [0.2, 0.25) is 0 Å². The second-order valence-corrected chi connectivity index (χ2v) is 6.69. The van der Waals surface area contributed by atoms with E-state index in [4.69, 9.17) is 4.74 Å². The molecule has 1 unspecified atom stereocenters. The summed E-state index contributed by atoms with van der Waals surface area (Å²) >= 11 is 0. The fraction of sp³-hybridized carbons (Fsp3) is 0.450. The number of piperidine rings is 1. The monoisotopic (exact) mass is 357 g/mol. The Kier molecular flexibility index (Phi) is 5.83. The van der Waals surface area contributed by atoms with Crippen LogP contribution in [0.4, 0.5) is 0 Å². The third-order valence-corrected chi connectivity index (χ3v) is 4.89. The van der Waals surface area contributed by atoms with Gasteiger partial charge in [-0.2, -0.15) is 0 Å². The maximum atomic E-state index is 12.1. The highest BCUT2D eigenvalue weighted by atomic mass is 16.5. The summed E-state index contributed by atoms with van der Waals surface area (Å²) < 4.78 is 5.48. The van der Waals surface area contributed by atoms with E-state index < -0.39 is 0 Å². The first-order valence-corrected chi connectivity index (χ1v) is 9.18. The molecule has 0 spiro atoms. The molecule has 2 heterocycles. The number of aromatic hydroxyl groups is 1. The Morgan fingerprint density at radius 1 is 1.42 bits per heavy atom. The number of rotatable bonds is 6. The number of likely N-dealkylation sites (tertiary alicyclic amines) is 1. The summed E-state index contributed by atoms with van der Waals surface area (Å²) in [5.41, 5.74) is 2.88. The molecule has 140 valence electrons. The van der Waals surface area contributed by atoms with Gasteiger partial charge in [0.2, 0.25) is 0 Å². The van der Waals surface area contributed by atoms with E-state index in [0.717, 1.165) is 49.3 Å². The number of ether oxygens (including phenoxy) is 1. The van der Waals surface area contributed by atoms with E-state index in [9.17, 15) is 9.90 Å². The highest BCUT2D eigenvalue weighted by Gasteiger charge is 2.26. The van der Waals surface area contributed by atoms with Crippen LogP contribution in [0, 0.1) is 0 Å². The van der Waals surface area contributed by atoms with Crippen LogP contribution in [0.3, 0.4) is 0 Å². The van der Waals surface area contributed by atoms with Crippen molar-refractivity contribution in [1.82, 2.24) is 15.2 Å². The summed E-state index contributed by atoms with van der Waals surface area (Å²) in [4.78, 5) is 17.7. The van der Waals surface area contributed by atoms with E-state index in [0.29, 0.717) is 18.3 Å². The summed E-state index contributed by atoms with van der Waals surface area (Å²) in [6.45, 7) is 5.15. The molecule has 1 aromatic carbocycles. The van der Waals surface area contributed by atoms with E-state index in [1.165, 1.54) is 0 Å². The zero-order valence-corrected chi connectivity index (χ0v) is 15.4. The smallest absolute Gasteiger partial charge is 0.252 e. The fourth-order valence-electron chi connectivity index (χ4n) is 3.67. The lowest BCUT2D eigenvalue weighted by molar-refractivity contribution is 0.0960. The molecule has 0 bridgehead atoms. The van der Waals surface area contributed by atoms with Gasteiger partial charge in [0.05, 0.1) is 12.2 Å². The van der Waals surface area contributed by atoms with Crippen molar-refractivity contribution in [2.75, 3.05) is 26.7 Å². The van der Waals surface area contributed by atoms with E-state index in [1.807, 2.05) is 31.3 Å². The molecule has 3 N–H and O–H groups in total. The lowest BCUT2D eigenvalue weighted by Gasteiger charge is -2.33. The van der Waals surface area contributed by atoms with Crippen LogP contribution in [0.25, 0.3) is 0 Å².